The number of Topliss-reactive ketones (excluding diaryl/α,β-unsaturated/α-hetero) is 1. The molecule has 0 aliphatic carbocycles. The number of benzene rings is 1. The van der Waals surface area contributed by atoms with Crippen molar-refractivity contribution in [3.05, 3.63) is 93.4 Å². The topological polar surface area (TPSA) is 97.5 Å². The van der Waals surface area contributed by atoms with Crippen molar-refractivity contribution < 1.29 is 23.5 Å². The highest BCUT2D eigenvalue weighted by molar-refractivity contribution is 7.17. The molecule has 0 spiro atoms. The summed E-state index contributed by atoms with van der Waals surface area (Å²) in [6.07, 6.45) is 5.66. The van der Waals surface area contributed by atoms with Crippen molar-refractivity contribution in [2.75, 3.05) is 20.8 Å². The van der Waals surface area contributed by atoms with E-state index >= 15 is 0 Å². The maximum Gasteiger partial charge on any atom is 0.247 e. The van der Waals surface area contributed by atoms with Gasteiger partial charge in [-0.1, -0.05) is 18.7 Å². The van der Waals surface area contributed by atoms with Crippen LogP contribution in [0.3, 0.4) is 0 Å². The number of H-pyrrole nitrogens is 1. The Labute approximate surface area is 199 Å². The zero-order valence-corrected chi connectivity index (χ0v) is 19.7. The van der Waals surface area contributed by atoms with Crippen molar-refractivity contribution in [2.24, 2.45) is 0 Å². The predicted molar refractivity (Wildman–Crippen MR) is 130 cm³/mol. The van der Waals surface area contributed by atoms with E-state index in [2.05, 4.69) is 16.9 Å². The highest BCUT2D eigenvalue weighted by Crippen LogP contribution is 2.33. The molecule has 2 heterocycles. The Morgan fingerprint density at radius 1 is 1.18 bits per heavy atom. The Balaban J connectivity index is 1.81. The predicted octanol–water partition coefficient (Wildman–Crippen LogP) is 4.33. The fourth-order valence-electron chi connectivity index (χ4n) is 3.29. The number of fused-ring (bicyclic) bond motifs is 1. The number of hydrogen-bond acceptors (Lipinski definition) is 6. The summed E-state index contributed by atoms with van der Waals surface area (Å²) < 4.78 is 24.8. The Morgan fingerprint density at radius 2 is 1.91 bits per heavy atom. The third kappa shape index (κ3) is 4.99. The molecule has 2 N–H and O–H groups in total. The molecule has 0 unspecified atom stereocenters. The number of ketones is 1. The summed E-state index contributed by atoms with van der Waals surface area (Å²) in [5, 5.41) is 4.77. The molecule has 0 bridgehead atoms. The third-order valence-corrected chi connectivity index (χ3v) is 6.07. The molecule has 9 heteroatoms. The van der Waals surface area contributed by atoms with Gasteiger partial charge in [0.1, 0.15) is 5.82 Å². The normalized spacial score (nSPS) is 12.2. The molecular weight excluding hydrogens is 459 g/mol. The largest absolute Gasteiger partial charge is 0.493 e. The minimum Gasteiger partial charge on any atom is -0.493 e. The van der Waals surface area contributed by atoms with Gasteiger partial charge >= 0.3 is 0 Å². The summed E-state index contributed by atoms with van der Waals surface area (Å²) in [6, 6.07) is 4.64. The van der Waals surface area contributed by atoms with Crippen LogP contribution in [0.2, 0.25) is 0 Å². The molecule has 0 radical (unpaired) electrons. The lowest BCUT2D eigenvalue weighted by molar-refractivity contribution is -0.117. The number of thiophene rings is 1. The van der Waals surface area contributed by atoms with Crippen molar-refractivity contribution in [1.82, 2.24) is 10.3 Å². The number of amides is 1. The Bertz CT molecular complexity index is 1380. The number of rotatable bonds is 9. The van der Waals surface area contributed by atoms with E-state index in [1.165, 1.54) is 56.2 Å². The number of aromatic nitrogens is 1. The van der Waals surface area contributed by atoms with E-state index in [0.717, 1.165) is 0 Å². The van der Waals surface area contributed by atoms with Crippen LogP contribution in [-0.4, -0.2) is 37.4 Å². The molecule has 3 aromatic rings. The smallest absolute Gasteiger partial charge is 0.247 e. The lowest BCUT2D eigenvalue weighted by Crippen LogP contribution is -2.32. The van der Waals surface area contributed by atoms with Crippen molar-refractivity contribution in [3.8, 4) is 11.1 Å². The van der Waals surface area contributed by atoms with Gasteiger partial charge < -0.3 is 19.8 Å². The van der Waals surface area contributed by atoms with Crippen LogP contribution >= 0.6 is 11.3 Å². The van der Waals surface area contributed by atoms with Gasteiger partial charge in [-0.25, -0.2) is 4.39 Å². The second-order valence-corrected chi connectivity index (χ2v) is 8.03. The average Bonchev–Trinajstić information content (AvgIpc) is 3.27. The molecule has 176 valence electrons. The van der Waals surface area contributed by atoms with Gasteiger partial charge in [0.25, 0.3) is 0 Å². The zero-order valence-electron chi connectivity index (χ0n) is 18.9. The molecule has 0 saturated carbocycles. The van der Waals surface area contributed by atoms with E-state index in [-0.39, 0.29) is 29.1 Å². The standard InChI is InChI=1S/C25H23FN2O5S/c1-5-21(32-3)22(33-4)9-14(2)25(31)28-12-20(29)17-11-27-10-16(23(17)30)18-13-34-24-15(18)7-6-8-19(24)26/h5-11,13H,1,12H2,2-4H3,(H,27,30)(H,28,31)/b14-9+,22-21-. The van der Waals surface area contributed by atoms with Crippen LogP contribution in [0.1, 0.15) is 17.3 Å². The molecule has 7 nitrogen and oxygen atoms in total. The fraction of sp³-hybridized carbons (Fsp3) is 0.160. The van der Waals surface area contributed by atoms with E-state index in [1.807, 2.05) is 0 Å². The highest BCUT2D eigenvalue weighted by atomic mass is 32.1. The molecule has 34 heavy (non-hydrogen) atoms. The summed E-state index contributed by atoms with van der Waals surface area (Å²) >= 11 is 1.18. The van der Waals surface area contributed by atoms with E-state index in [0.29, 0.717) is 27.2 Å². The second kappa shape index (κ2) is 10.8. The minimum atomic E-state index is -0.568. The number of halogens is 1. The summed E-state index contributed by atoms with van der Waals surface area (Å²) in [7, 11) is 2.87. The number of aromatic amines is 1. The van der Waals surface area contributed by atoms with Crippen molar-refractivity contribution in [3.63, 3.8) is 0 Å². The first-order valence-corrected chi connectivity index (χ1v) is 11.0. The lowest BCUT2D eigenvalue weighted by atomic mass is 10.0. The van der Waals surface area contributed by atoms with Crippen LogP contribution in [0, 0.1) is 5.82 Å². The van der Waals surface area contributed by atoms with Gasteiger partial charge in [-0.2, -0.15) is 0 Å². The summed E-state index contributed by atoms with van der Waals surface area (Å²) in [4.78, 5) is 41.0. The summed E-state index contributed by atoms with van der Waals surface area (Å²) in [6.45, 7) is 4.77. The maximum atomic E-state index is 14.1. The molecule has 0 atom stereocenters. The molecule has 0 saturated heterocycles. The number of carbonyl (C=O) groups excluding carboxylic acids is 2. The number of allylic oxidation sites excluding steroid dienone is 2. The molecule has 3 rings (SSSR count). The van der Waals surface area contributed by atoms with Crippen LogP contribution in [0.4, 0.5) is 4.39 Å². The maximum absolute atomic E-state index is 14.1. The van der Waals surface area contributed by atoms with E-state index in [9.17, 15) is 18.8 Å². The fourth-order valence-corrected chi connectivity index (χ4v) is 4.27. The van der Waals surface area contributed by atoms with Gasteiger partial charge in [0.05, 0.1) is 31.0 Å². The van der Waals surface area contributed by atoms with Crippen LogP contribution < -0.4 is 10.7 Å². The average molecular weight is 483 g/mol. The molecule has 0 aliphatic heterocycles. The molecule has 1 amide bonds. The first-order chi connectivity index (χ1) is 16.3. The number of nitrogens with one attached hydrogen (secondary N) is 2. The Kier molecular flexibility index (Phi) is 7.80. The Hall–Kier alpha value is -3.98. The number of methoxy groups -OCH3 is 2. The SMILES string of the molecule is C=C/C(OC)=C(\C=C(/C)C(=O)NCC(=O)c1c[nH]cc(-c2csc3c(F)cccc23)c1=O)OC. The number of pyridine rings is 1. The first-order valence-electron chi connectivity index (χ1n) is 10.1. The Morgan fingerprint density at radius 3 is 2.59 bits per heavy atom. The van der Waals surface area contributed by atoms with Gasteiger partial charge in [-0.05, 0) is 25.1 Å². The van der Waals surface area contributed by atoms with Gasteiger partial charge in [-0.15, -0.1) is 11.3 Å². The van der Waals surface area contributed by atoms with Gasteiger partial charge in [0.2, 0.25) is 5.91 Å². The second-order valence-electron chi connectivity index (χ2n) is 7.15. The molecule has 1 aromatic carbocycles. The monoisotopic (exact) mass is 482 g/mol. The van der Waals surface area contributed by atoms with Crippen LogP contribution in [-0.2, 0) is 14.3 Å². The first kappa shape index (κ1) is 24.7. The summed E-state index contributed by atoms with van der Waals surface area (Å²) in [5.41, 5.74) is 0.427. The molecule has 2 aromatic heterocycles. The van der Waals surface area contributed by atoms with Crippen LogP contribution in [0.5, 0.6) is 0 Å². The quantitative estimate of drug-likeness (QED) is 0.205. The molecule has 0 fully saturated rings. The molecule has 0 aliphatic rings. The number of carbonyl (C=O) groups is 2. The van der Waals surface area contributed by atoms with Crippen LogP contribution in [0.15, 0.2) is 76.6 Å². The summed E-state index contributed by atoms with van der Waals surface area (Å²) in [5.74, 6) is -0.828. The van der Waals surface area contributed by atoms with Crippen molar-refractivity contribution >= 4 is 33.1 Å². The van der Waals surface area contributed by atoms with E-state index in [1.54, 1.807) is 24.4 Å². The van der Waals surface area contributed by atoms with Crippen molar-refractivity contribution in [1.29, 1.82) is 0 Å². The number of hydrogen-bond donors (Lipinski definition) is 2. The molecular formula is C25H23FN2O5S. The van der Waals surface area contributed by atoms with Gasteiger partial charge in [-0.3, -0.25) is 14.4 Å². The zero-order chi connectivity index (χ0) is 24.8. The highest BCUT2D eigenvalue weighted by Gasteiger charge is 2.18. The third-order valence-electron chi connectivity index (χ3n) is 5.07. The van der Waals surface area contributed by atoms with Crippen LogP contribution in [0.25, 0.3) is 21.2 Å². The van der Waals surface area contributed by atoms with Crippen molar-refractivity contribution in [2.45, 2.75) is 6.92 Å². The number of ether oxygens (including phenoxy) is 2. The van der Waals surface area contributed by atoms with E-state index < -0.39 is 17.1 Å². The minimum absolute atomic E-state index is 0.110. The van der Waals surface area contributed by atoms with Gasteiger partial charge in [0.15, 0.2) is 22.7 Å². The van der Waals surface area contributed by atoms with E-state index in [4.69, 9.17) is 9.47 Å². The lowest BCUT2D eigenvalue weighted by Gasteiger charge is -2.09. The van der Waals surface area contributed by atoms with Gasteiger partial charge in [0, 0.05) is 39.9 Å².